The Kier molecular flexibility index (Phi) is 4.47. The Morgan fingerprint density at radius 2 is 2.25 bits per heavy atom. The number of benzene rings is 1. The first kappa shape index (κ1) is 13.8. The summed E-state index contributed by atoms with van der Waals surface area (Å²) in [5, 5.41) is 6.06. The molecule has 0 unspecified atom stereocenters. The fraction of sp³-hybridized carbons (Fsp3) is 0.533. The van der Waals surface area contributed by atoms with Crippen LogP contribution in [0.5, 0.6) is 0 Å². The lowest BCUT2D eigenvalue weighted by Gasteiger charge is -2.26. The molecule has 2 aliphatic rings. The van der Waals surface area contributed by atoms with Gasteiger partial charge in [0, 0.05) is 29.7 Å². The van der Waals surface area contributed by atoms with Gasteiger partial charge in [-0.2, -0.15) is 0 Å². The maximum atomic E-state index is 12.0. The number of rotatable bonds is 3. The van der Waals surface area contributed by atoms with Crippen LogP contribution in [0.4, 0.5) is 4.79 Å². The average molecular weight is 292 g/mol. The normalized spacial score (nSPS) is 25.0. The lowest BCUT2D eigenvalue weighted by atomic mass is 10.0. The Hall–Kier alpha value is -1.20. The van der Waals surface area contributed by atoms with Gasteiger partial charge in [0.05, 0.1) is 12.6 Å². The van der Waals surface area contributed by atoms with Crippen molar-refractivity contribution < 1.29 is 9.53 Å². The minimum Gasteiger partial charge on any atom is -0.381 e. The molecule has 2 atom stereocenters. The predicted molar refractivity (Wildman–Crippen MR) is 80.0 cm³/mol. The van der Waals surface area contributed by atoms with Gasteiger partial charge in [-0.05, 0) is 24.5 Å². The lowest BCUT2D eigenvalue weighted by molar-refractivity contribution is 0.185. The van der Waals surface area contributed by atoms with Gasteiger partial charge in [-0.3, -0.25) is 0 Å². The van der Waals surface area contributed by atoms with Crippen LogP contribution in [0.2, 0.25) is 0 Å². The van der Waals surface area contributed by atoms with Crippen LogP contribution >= 0.6 is 11.8 Å². The number of thioether (sulfide) groups is 1. The number of urea groups is 1. The summed E-state index contributed by atoms with van der Waals surface area (Å²) in [5.74, 6) is 1.52. The van der Waals surface area contributed by atoms with E-state index in [1.807, 2.05) is 23.9 Å². The molecule has 2 N–H and O–H groups in total. The van der Waals surface area contributed by atoms with E-state index in [2.05, 4.69) is 22.8 Å². The van der Waals surface area contributed by atoms with Crippen LogP contribution < -0.4 is 10.6 Å². The fourth-order valence-corrected chi connectivity index (χ4v) is 3.81. The molecule has 1 aromatic rings. The molecule has 0 aromatic heterocycles. The lowest BCUT2D eigenvalue weighted by Crippen LogP contribution is -2.41. The summed E-state index contributed by atoms with van der Waals surface area (Å²) in [4.78, 5) is 13.3. The van der Waals surface area contributed by atoms with E-state index < -0.39 is 0 Å². The van der Waals surface area contributed by atoms with Crippen molar-refractivity contribution in [2.24, 2.45) is 5.92 Å². The first-order valence-corrected chi connectivity index (χ1v) is 8.15. The molecule has 0 saturated carbocycles. The summed E-state index contributed by atoms with van der Waals surface area (Å²) in [5.41, 5.74) is 1.24. The molecule has 1 aromatic carbocycles. The number of hydrogen-bond donors (Lipinski definition) is 2. The summed E-state index contributed by atoms with van der Waals surface area (Å²) < 4.78 is 5.31. The zero-order chi connectivity index (χ0) is 13.8. The summed E-state index contributed by atoms with van der Waals surface area (Å²) >= 11 is 1.87. The Labute approximate surface area is 123 Å². The van der Waals surface area contributed by atoms with Crippen molar-refractivity contribution in [3.05, 3.63) is 29.8 Å². The molecule has 1 fully saturated rings. The maximum absolute atomic E-state index is 12.0. The van der Waals surface area contributed by atoms with E-state index in [-0.39, 0.29) is 12.1 Å². The standard InChI is InChI=1S/C15H20N2O2S/c18-15(16-9-11-5-7-19-10-11)17-13-6-8-20-14-4-2-1-3-12(13)14/h1-4,11,13H,5-10H2,(H2,16,17,18)/t11-,13-/m0/s1. The smallest absolute Gasteiger partial charge is 0.315 e. The van der Waals surface area contributed by atoms with E-state index in [9.17, 15) is 4.79 Å². The van der Waals surface area contributed by atoms with Gasteiger partial charge in [-0.1, -0.05) is 18.2 Å². The van der Waals surface area contributed by atoms with E-state index in [4.69, 9.17) is 4.74 Å². The number of fused-ring (bicyclic) bond motifs is 1. The Morgan fingerprint density at radius 3 is 3.10 bits per heavy atom. The monoisotopic (exact) mass is 292 g/mol. The molecule has 20 heavy (non-hydrogen) atoms. The van der Waals surface area contributed by atoms with E-state index in [1.54, 1.807) is 0 Å². The third kappa shape index (κ3) is 3.27. The fourth-order valence-electron chi connectivity index (χ4n) is 2.68. The third-order valence-electron chi connectivity index (χ3n) is 3.84. The van der Waals surface area contributed by atoms with Gasteiger partial charge in [0.25, 0.3) is 0 Å². The second kappa shape index (κ2) is 6.50. The average Bonchev–Trinajstić information content (AvgIpc) is 2.99. The summed E-state index contributed by atoms with van der Waals surface area (Å²) in [6.45, 7) is 2.29. The molecule has 108 valence electrons. The molecule has 4 nitrogen and oxygen atoms in total. The number of carbonyl (C=O) groups is 1. The second-order valence-corrected chi connectivity index (χ2v) is 6.45. The highest BCUT2D eigenvalue weighted by molar-refractivity contribution is 7.99. The molecule has 1 saturated heterocycles. The molecule has 0 aliphatic carbocycles. The highest BCUT2D eigenvalue weighted by Gasteiger charge is 2.22. The van der Waals surface area contributed by atoms with Crippen molar-refractivity contribution in [2.45, 2.75) is 23.8 Å². The highest BCUT2D eigenvalue weighted by atomic mass is 32.2. The molecular formula is C15H20N2O2S. The molecule has 0 radical (unpaired) electrons. The van der Waals surface area contributed by atoms with Crippen LogP contribution in [-0.2, 0) is 4.74 Å². The number of nitrogens with one attached hydrogen (secondary N) is 2. The number of amides is 2. The van der Waals surface area contributed by atoms with Crippen LogP contribution in [0.15, 0.2) is 29.2 Å². The molecule has 5 heteroatoms. The van der Waals surface area contributed by atoms with Gasteiger partial charge >= 0.3 is 6.03 Å². The number of carbonyl (C=O) groups excluding carboxylic acids is 1. The largest absolute Gasteiger partial charge is 0.381 e. The summed E-state index contributed by atoms with van der Waals surface area (Å²) in [6.07, 6.45) is 2.03. The van der Waals surface area contributed by atoms with Crippen molar-refractivity contribution in [3.8, 4) is 0 Å². The van der Waals surface area contributed by atoms with Crippen molar-refractivity contribution in [1.29, 1.82) is 0 Å². The quantitative estimate of drug-likeness (QED) is 0.900. The SMILES string of the molecule is O=C(NC[C@@H]1CCOC1)N[C@H]1CCSc2ccccc21. The Balaban J connectivity index is 1.54. The van der Waals surface area contributed by atoms with Crippen molar-refractivity contribution in [3.63, 3.8) is 0 Å². The minimum absolute atomic E-state index is 0.0661. The van der Waals surface area contributed by atoms with Crippen LogP contribution in [0, 0.1) is 5.92 Å². The highest BCUT2D eigenvalue weighted by Crippen LogP contribution is 2.35. The van der Waals surface area contributed by atoms with Crippen LogP contribution in [0.1, 0.15) is 24.4 Å². The van der Waals surface area contributed by atoms with Gasteiger partial charge in [-0.15, -0.1) is 11.8 Å². The molecule has 3 rings (SSSR count). The van der Waals surface area contributed by atoms with Crippen LogP contribution in [0.3, 0.4) is 0 Å². The van der Waals surface area contributed by atoms with Crippen molar-refractivity contribution >= 4 is 17.8 Å². The molecular weight excluding hydrogens is 272 g/mol. The van der Waals surface area contributed by atoms with Gasteiger partial charge in [0.1, 0.15) is 0 Å². The van der Waals surface area contributed by atoms with E-state index in [1.165, 1.54) is 10.5 Å². The van der Waals surface area contributed by atoms with Gasteiger partial charge in [0.2, 0.25) is 0 Å². The first-order valence-electron chi connectivity index (χ1n) is 7.17. The zero-order valence-electron chi connectivity index (χ0n) is 11.4. The number of hydrogen-bond acceptors (Lipinski definition) is 3. The summed E-state index contributed by atoms with van der Waals surface area (Å²) in [6, 6.07) is 8.39. The molecule has 2 heterocycles. The van der Waals surface area contributed by atoms with E-state index in [0.717, 1.165) is 31.8 Å². The third-order valence-corrected chi connectivity index (χ3v) is 4.96. The van der Waals surface area contributed by atoms with E-state index >= 15 is 0 Å². The Morgan fingerprint density at radius 1 is 1.35 bits per heavy atom. The molecule has 0 spiro atoms. The van der Waals surface area contributed by atoms with Gasteiger partial charge < -0.3 is 15.4 Å². The minimum atomic E-state index is -0.0661. The predicted octanol–water partition coefficient (Wildman–Crippen LogP) is 2.56. The summed E-state index contributed by atoms with van der Waals surface area (Å²) in [7, 11) is 0. The maximum Gasteiger partial charge on any atom is 0.315 e. The molecule has 0 bridgehead atoms. The van der Waals surface area contributed by atoms with Crippen LogP contribution in [0.25, 0.3) is 0 Å². The topological polar surface area (TPSA) is 50.4 Å². The van der Waals surface area contributed by atoms with Gasteiger partial charge in [-0.25, -0.2) is 4.79 Å². The van der Waals surface area contributed by atoms with E-state index in [0.29, 0.717) is 12.5 Å². The van der Waals surface area contributed by atoms with Crippen molar-refractivity contribution in [1.82, 2.24) is 10.6 Å². The number of ether oxygens (including phenoxy) is 1. The van der Waals surface area contributed by atoms with Crippen LogP contribution in [-0.4, -0.2) is 31.5 Å². The first-order chi connectivity index (χ1) is 9.83. The Bertz CT molecular complexity index is 475. The second-order valence-electron chi connectivity index (χ2n) is 5.31. The van der Waals surface area contributed by atoms with Gasteiger partial charge in [0.15, 0.2) is 0 Å². The van der Waals surface area contributed by atoms with Crippen molar-refractivity contribution in [2.75, 3.05) is 25.5 Å². The zero-order valence-corrected chi connectivity index (χ0v) is 12.2. The molecule has 2 amide bonds. The molecule has 2 aliphatic heterocycles.